The van der Waals surface area contributed by atoms with Crippen LogP contribution >= 0.6 is 0 Å². The maximum absolute atomic E-state index is 12.7. The van der Waals surface area contributed by atoms with Crippen molar-refractivity contribution in [1.29, 1.82) is 0 Å². The minimum Gasteiger partial charge on any atom is -0.362 e. The third-order valence-electron chi connectivity index (χ3n) is 2.84. The number of nitrogens with two attached hydrogens (primary N) is 1. The Morgan fingerprint density at radius 1 is 1.50 bits per heavy atom. The van der Waals surface area contributed by atoms with Gasteiger partial charge in [-0.25, -0.2) is 0 Å². The number of ether oxygens (including phenoxy) is 1. The summed E-state index contributed by atoms with van der Waals surface area (Å²) in [6, 6.07) is 0. The topological polar surface area (TPSA) is 35.2 Å². The first-order valence-electron chi connectivity index (χ1n) is 4.90. The molecule has 0 aromatic heterocycles. The van der Waals surface area contributed by atoms with Gasteiger partial charge in [0, 0.05) is 0 Å². The fourth-order valence-corrected chi connectivity index (χ4v) is 1.89. The van der Waals surface area contributed by atoms with Crippen LogP contribution in [0.5, 0.6) is 0 Å². The molecule has 0 aromatic carbocycles. The summed E-state index contributed by atoms with van der Waals surface area (Å²) in [6.07, 6.45) is -3.55. The van der Waals surface area contributed by atoms with Gasteiger partial charge >= 0.3 is 6.18 Å². The molecule has 84 valence electrons. The van der Waals surface area contributed by atoms with Gasteiger partial charge < -0.3 is 10.5 Å². The molecule has 0 saturated carbocycles. The van der Waals surface area contributed by atoms with Gasteiger partial charge in [0.15, 0.2) is 5.60 Å². The zero-order valence-electron chi connectivity index (χ0n) is 8.23. The summed E-state index contributed by atoms with van der Waals surface area (Å²) >= 11 is 0. The third-order valence-corrected chi connectivity index (χ3v) is 2.84. The number of hydrogen-bond donors (Lipinski definition) is 1. The third kappa shape index (κ3) is 2.03. The molecular formula is C9H16F3NO. The lowest BCUT2D eigenvalue weighted by molar-refractivity contribution is -0.272. The van der Waals surface area contributed by atoms with Gasteiger partial charge in [-0.3, -0.25) is 0 Å². The lowest BCUT2D eigenvalue weighted by Crippen LogP contribution is -2.44. The molecule has 0 spiro atoms. The fraction of sp³-hybridized carbons (Fsp3) is 1.00. The van der Waals surface area contributed by atoms with Crippen LogP contribution in [0.3, 0.4) is 0 Å². The van der Waals surface area contributed by atoms with E-state index in [1.54, 1.807) is 0 Å². The zero-order valence-corrected chi connectivity index (χ0v) is 8.23. The van der Waals surface area contributed by atoms with Crippen molar-refractivity contribution in [2.75, 3.05) is 6.54 Å². The second kappa shape index (κ2) is 4.06. The predicted octanol–water partition coefficient (Wildman–Crippen LogP) is 2.23. The van der Waals surface area contributed by atoms with E-state index in [2.05, 4.69) is 0 Å². The molecule has 1 heterocycles. The van der Waals surface area contributed by atoms with Crippen molar-refractivity contribution in [3.8, 4) is 0 Å². The Bertz CT molecular complexity index is 195. The van der Waals surface area contributed by atoms with E-state index in [4.69, 9.17) is 10.5 Å². The number of hydrogen-bond acceptors (Lipinski definition) is 2. The average Bonchev–Trinajstić information content (AvgIpc) is 2.49. The summed E-state index contributed by atoms with van der Waals surface area (Å²) in [7, 11) is 0. The fourth-order valence-electron chi connectivity index (χ4n) is 1.89. The Labute approximate surface area is 81.6 Å². The number of alkyl halides is 3. The molecule has 1 saturated heterocycles. The Hall–Kier alpha value is -0.290. The highest BCUT2D eigenvalue weighted by molar-refractivity contribution is 4.94. The predicted molar refractivity (Wildman–Crippen MR) is 46.9 cm³/mol. The van der Waals surface area contributed by atoms with Crippen molar-refractivity contribution in [3.63, 3.8) is 0 Å². The second-order valence-corrected chi connectivity index (χ2v) is 3.70. The first-order valence-corrected chi connectivity index (χ1v) is 4.90. The van der Waals surface area contributed by atoms with E-state index in [0.29, 0.717) is 19.4 Å². The van der Waals surface area contributed by atoms with Crippen LogP contribution in [0.1, 0.15) is 32.6 Å². The van der Waals surface area contributed by atoms with Crippen LogP contribution in [0.25, 0.3) is 0 Å². The van der Waals surface area contributed by atoms with Crippen LogP contribution in [0.4, 0.5) is 13.2 Å². The quantitative estimate of drug-likeness (QED) is 0.776. The first kappa shape index (κ1) is 11.8. The first-order chi connectivity index (χ1) is 6.45. The van der Waals surface area contributed by atoms with Gasteiger partial charge in [0.2, 0.25) is 0 Å². The molecule has 1 aliphatic heterocycles. The largest absolute Gasteiger partial charge is 0.417 e. The van der Waals surface area contributed by atoms with E-state index in [-0.39, 0.29) is 18.9 Å². The zero-order chi connectivity index (χ0) is 10.8. The lowest BCUT2D eigenvalue weighted by Gasteiger charge is -2.30. The van der Waals surface area contributed by atoms with E-state index in [0.717, 1.165) is 0 Å². The van der Waals surface area contributed by atoms with E-state index in [9.17, 15) is 13.2 Å². The molecule has 14 heavy (non-hydrogen) atoms. The molecule has 2 N–H and O–H groups in total. The number of rotatable bonds is 3. The summed E-state index contributed by atoms with van der Waals surface area (Å²) in [4.78, 5) is 0. The van der Waals surface area contributed by atoms with Crippen LogP contribution in [0.15, 0.2) is 0 Å². The molecule has 0 aliphatic carbocycles. The molecular weight excluding hydrogens is 195 g/mol. The van der Waals surface area contributed by atoms with Gasteiger partial charge in [0.1, 0.15) is 0 Å². The minimum absolute atomic E-state index is 0.0163. The van der Waals surface area contributed by atoms with Crippen molar-refractivity contribution in [2.45, 2.75) is 50.5 Å². The van der Waals surface area contributed by atoms with Crippen LogP contribution in [-0.2, 0) is 4.74 Å². The standard InChI is InChI=1S/C9H16F3NO/c1-2-8(9(10,11)12)5-3-7(14-8)4-6-13/h7H,2-6,13H2,1H3. The molecule has 1 aliphatic rings. The maximum Gasteiger partial charge on any atom is 0.417 e. The van der Waals surface area contributed by atoms with Gasteiger partial charge in [0.25, 0.3) is 0 Å². The highest BCUT2D eigenvalue weighted by Gasteiger charge is 2.58. The Balaban J connectivity index is 2.66. The molecule has 2 unspecified atom stereocenters. The molecule has 1 rings (SSSR count). The molecule has 0 amide bonds. The Morgan fingerprint density at radius 2 is 2.14 bits per heavy atom. The highest BCUT2D eigenvalue weighted by atomic mass is 19.4. The highest BCUT2D eigenvalue weighted by Crippen LogP contribution is 2.46. The van der Waals surface area contributed by atoms with Crippen LogP contribution < -0.4 is 5.73 Å². The van der Waals surface area contributed by atoms with Crippen molar-refractivity contribution in [2.24, 2.45) is 5.73 Å². The van der Waals surface area contributed by atoms with E-state index >= 15 is 0 Å². The average molecular weight is 211 g/mol. The molecule has 1 fully saturated rings. The van der Waals surface area contributed by atoms with E-state index in [1.807, 2.05) is 0 Å². The van der Waals surface area contributed by atoms with Crippen LogP contribution in [0, 0.1) is 0 Å². The van der Waals surface area contributed by atoms with E-state index in [1.165, 1.54) is 6.92 Å². The summed E-state index contributed by atoms with van der Waals surface area (Å²) in [5.41, 5.74) is 3.38. The smallest absolute Gasteiger partial charge is 0.362 e. The number of halogens is 3. The maximum atomic E-state index is 12.7. The normalized spacial score (nSPS) is 33.6. The van der Waals surface area contributed by atoms with E-state index < -0.39 is 11.8 Å². The Kier molecular flexibility index (Phi) is 3.42. The van der Waals surface area contributed by atoms with Gasteiger partial charge in [-0.05, 0) is 32.2 Å². The van der Waals surface area contributed by atoms with Crippen LogP contribution in [-0.4, -0.2) is 24.4 Å². The molecule has 2 nitrogen and oxygen atoms in total. The summed E-state index contributed by atoms with van der Waals surface area (Å²) in [6.45, 7) is 1.89. The van der Waals surface area contributed by atoms with Crippen molar-refractivity contribution in [1.82, 2.24) is 0 Å². The van der Waals surface area contributed by atoms with Crippen molar-refractivity contribution in [3.05, 3.63) is 0 Å². The Morgan fingerprint density at radius 3 is 2.50 bits per heavy atom. The summed E-state index contributed by atoms with van der Waals surface area (Å²) in [5, 5.41) is 0. The van der Waals surface area contributed by atoms with Gasteiger partial charge in [-0.15, -0.1) is 0 Å². The molecule has 0 aromatic rings. The lowest BCUT2D eigenvalue weighted by atomic mass is 9.96. The van der Waals surface area contributed by atoms with Gasteiger partial charge in [-0.1, -0.05) is 6.92 Å². The van der Waals surface area contributed by atoms with Crippen molar-refractivity contribution >= 4 is 0 Å². The molecule has 5 heteroatoms. The SMILES string of the molecule is CCC1(C(F)(F)F)CCC(CCN)O1. The summed E-state index contributed by atoms with van der Waals surface area (Å²) in [5.74, 6) is 0. The van der Waals surface area contributed by atoms with Gasteiger partial charge in [0.05, 0.1) is 6.10 Å². The molecule has 0 bridgehead atoms. The van der Waals surface area contributed by atoms with Gasteiger partial charge in [-0.2, -0.15) is 13.2 Å². The monoisotopic (exact) mass is 211 g/mol. The summed E-state index contributed by atoms with van der Waals surface area (Å²) < 4.78 is 43.1. The minimum atomic E-state index is -4.26. The molecule has 2 atom stereocenters. The second-order valence-electron chi connectivity index (χ2n) is 3.70. The van der Waals surface area contributed by atoms with Crippen LogP contribution in [0.2, 0.25) is 0 Å². The van der Waals surface area contributed by atoms with Crippen molar-refractivity contribution < 1.29 is 17.9 Å². The molecule has 0 radical (unpaired) electrons.